The van der Waals surface area contributed by atoms with E-state index in [1.807, 2.05) is 6.92 Å². The average Bonchev–Trinajstić information content (AvgIpc) is 2.38. The lowest BCUT2D eigenvalue weighted by molar-refractivity contribution is -0.383. The molecular formula is C12H17N3O4S. The summed E-state index contributed by atoms with van der Waals surface area (Å²) in [6, 6.07) is 3.90. The Bertz CT molecular complexity index is 548. The first-order valence-electron chi connectivity index (χ1n) is 5.97. The predicted molar refractivity (Wildman–Crippen MR) is 78.0 cm³/mol. The van der Waals surface area contributed by atoms with Crippen LogP contribution in [0, 0.1) is 10.1 Å². The summed E-state index contributed by atoms with van der Waals surface area (Å²) >= 11 is 0. The van der Waals surface area contributed by atoms with Crippen LogP contribution in [0.25, 0.3) is 0 Å². The van der Waals surface area contributed by atoms with E-state index >= 15 is 0 Å². The van der Waals surface area contributed by atoms with Gasteiger partial charge in [0.05, 0.1) is 4.92 Å². The molecule has 0 aromatic heterocycles. The molecule has 0 aliphatic rings. The summed E-state index contributed by atoms with van der Waals surface area (Å²) in [6.07, 6.45) is 2.18. The quantitative estimate of drug-likeness (QED) is 0.463. The van der Waals surface area contributed by atoms with Crippen LogP contribution in [0.4, 0.5) is 11.4 Å². The van der Waals surface area contributed by atoms with Gasteiger partial charge in [0.15, 0.2) is 0 Å². The molecule has 0 radical (unpaired) electrons. The average molecular weight is 299 g/mol. The van der Waals surface area contributed by atoms with Crippen molar-refractivity contribution >= 4 is 28.1 Å². The Morgan fingerprint density at radius 2 is 2.20 bits per heavy atom. The number of nitro benzene ring substituents is 1. The van der Waals surface area contributed by atoms with Gasteiger partial charge in [-0.1, -0.05) is 6.92 Å². The summed E-state index contributed by atoms with van der Waals surface area (Å²) in [7, 11) is -0.940. The number of hydrogen-bond donors (Lipinski definition) is 2. The van der Waals surface area contributed by atoms with Crippen LogP contribution >= 0.6 is 0 Å². The second kappa shape index (κ2) is 6.99. The second-order valence-electron chi connectivity index (χ2n) is 4.38. The van der Waals surface area contributed by atoms with Gasteiger partial charge in [-0.05, 0) is 18.6 Å². The molecule has 0 fully saturated rings. The zero-order chi connectivity index (χ0) is 15.3. The van der Waals surface area contributed by atoms with Crippen LogP contribution in [0.3, 0.4) is 0 Å². The molecule has 1 aromatic carbocycles. The maximum atomic E-state index is 11.8. The molecule has 7 nitrogen and oxygen atoms in total. The van der Waals surface area contributed by atoms with E-state index in [4.69, 9.17) is 5.73 Å². The molecule has 110 valence electrons. The molecule has 0 spiro atoms. The number of amides is 1. The van der Waals surface area contributed by atoms with Crippen LogP contribution in [-0.2, 0) is 10.8 Å². The predicted octanol–water partition coefficient (Wildman–Crippen LogP) is 1.06. The topological polar surface area (TPSA) is 115 Å². The summed E-state index contributed by atoms with van der Waals surface area (Å²) in [5.74, 6) is -0.415. The van der Waals surface area contributed by atoms with Gasteiger partial charge >= 0.3 is 0 Å². The van der Waals surface area contributed by atoms with Crippen LogP contribution in [0.1, 0.15) is 23.7 Å². The smallest absolute Gasteiger partial charge is 0.292 e. The Morgan fingerprint density at radius 1 is 1.55 bits per heavy atom. The normalized spacial score (nSPS) is 13.5. The monoisotopic (exact) mass is 299 g/mol. The van der Waals surface area contributed by atoms with Crippen molar-refractivity contribution in [2.75, 3.05) is 18.5 Å². The number of nitrogen functional groups attached to an aromatic ring is 1. The Kier molecular flexibility index (Phi) is 5.63. The first kappa shape index (κ1) is 16.1. The van der Waals surface area contributed by atoms with Crippen molar-refractivity contribution in [3.05, 3.63) is 33.9 Å². The number of carbonyl (C=O) groups excluding carboxylic acids is 1. The molecule has 2 unspecified atom stereocenters. The molecule has 0 aliphatic heterocycles. The van der Waals surface area contributed by atoms with Gasteiger partial charge in [0.2, 0.25) is 0 Å². The Morgan fingerprint density at radius 3 is 2.75 bits per heavy atom. The SMILES string of the molecule is CC(CCNC(=O)c1ccc(N)c([N+](=O)[O-])c1)S(C)=O. The van der Waals surface area contributed by atoms with Gasteiger partial charge in [0.1, 0.15) is 5.69 Å². The molecule has 1 amide bonds. The summed E-state index contributed by atoms with van der Waals surface area (Å²) in [5.41, 5.74) is 5.36. The third kappa shape index (κ3) is 4.30. The molecule has 0 heterocycles. The largest absolute Gasteiger partial charge is 0.393 e. The number of rotatable bonds is 6. The van der Waals surface area contributed by atoms with Crippen LogP contribution in [0.2, 0.25) is 0 Å². The highest BCUT2D eigenvalue weighted by molar-refractivity contribution is 7.84. The molecule has 3 N–H and O–H groups in total. The van der Waals surface area contributed by atoms with Crippen molar-refractivity contribution in [2.24, 2.45) is 0 Å². The standard InChI is InChI=1S/C12H17N3O4S/c1-8(20(2)19)5-6-14-12(16)9-3-4-10(13)11(7-9)15(17)18/h3-4,7-8H,5-6,13H2,1-2H3,(H,14,16). The van der Waals surface area contributed by atoms with Gasteiger partial charge in [0, 0.05) is 40.5 Å². The first-order valence-corrected chi connectivity index (χ1v) is 7.59. The van der Waals surface area contributed by atoms with Gasteiger partial charge < -0.3 is 11.1 Å². The minimum Gasteiger partial charge on any atom is -0.393 e. The van der Waals surface area contributed by atoms with E-state index in [0.29, 0.717) is 13.0 Å². The van der Waals surface area contributed by atoms with E-state index in [2.05, 4.69) is 5.32 Å². The van der Waals surface area contributed by atoms with Gasteiger partial charge in [-0.3, -0.25) is 19.1 Å². The van der Waals surface area contributed by atoms with E-state index in [0.717, 1.165) is 6.07 Å². The highest BCUT2D eigenvalue weighted by atomic mass is 32.2. The fraction of sp³-hybridized carbons (Fsp3) is 0.417. The van der Waals surface area contributed by atoms with Crippen molar-refractivity contribution in [3.8, 4) is 0 Å². The second-order valence-corrected chi connectivity index (χ2v) is 6.19. The molecule has 1 rings (SSSR count). The van der Waals surface area contributed by atoms with Gasteiger partial charge in [-0.2, -0.15) is 0 Å². The molecule has 0 saturated heterocycles. The minimum absolute atomic E-state index is 0.0153. The zero-order valence-electron chi connectivity index (χ0n) is 11.3. The zero-order valence-corrected chi connectivity index (χ0v) is 12.1. The highest BCUT2D eigenvalue weighted by Crippen LogP contribution is 2.22. The Labute approximate surface area is 119 Å². The van der Waals surface area contributed by atoms with Gasteiger partial charge in [-0.15, -0.1) is 0 Å². The van der Waals surface area contributed by atoms with E-state index in [1.54, 1.807) is 6.26 Å². The third-order valence-electron chi connectivity index (χ3n) is 2.89. The maximum Gasteiger partial charge on any atom is 0.292 e. The molecule has 1 aromatic rings. The number of nitro groups is 1. The lowest BCUT2D eigenvalue weighted by Crippen LogP contribution is -2.27. The number of benzene rings is 1. The maximum absolute atomic E-state index is 11.8. The molecule has 0 saturated carbocycles. The number of nitrogens with zero attached hydrogens (tertiary/aromatic N) is 1. The number of nitrogens with two attached hydrogens (primary N) is 1. The molecule has 20 heavy (non-hydrogen) atoms. The Hall–Kier alpha value is -1.96. The summed E-state index contributed by atoms with van der Waals surface area (Å²) in [5, 5.41) is 13.4. The summed E-state index contributed by atoms with van der Waals surface area (Å²) < 4.78 is 11.2. The van der Waals surface area contributed by atoms with Gasteiger partial charge in [-0.25, -0.2) is 0 Å². The van der Waals surface area contributed by atoms with Crippen LogP contribution in [0.5, 0.6) is 0 Å². The van der Waals surface area contributed by atoms with E-state index in [1.165, 1.54) is 12.1 Å². The third-order valence-corrected chi connectivity index (χ3v) is 4.26. The van der Waals surface area contributed by atoms with Gasteiger partial charge in [0.25, 0.3) is 11.6 Å². The lowest BCUT2D eigenvalue weighted by Gasteiger charge is -2.09. The lowest BCUT2D eigenvalue weighted by atomic mass is 10.1. The molecule has 8 heteroatoms. The van der Waals surface area contributed by atoms with Crippen molar-refractivity contribution in [1.29, 1.82) is 0 Å². The molecular weight excluding hydrogens is 282 g/mol. The Balaban J connectivity index is 2.67. The number of anilines is 1. The number of nitrogens with one attached hydrogen (secondary N) is 1. The van der Waals surface area contributed by atoms with Crippen molar-refractivity contribution in [2.45, 2.75) is 18.6 Å². The van der Waals surface area contributed by atoms with Crippen LogP contribution in [-0.4, -0.2) is 33.1 Å². The summed E-state index contributed by atoms with van der Waals surface area (Å²) in [6.45, 7) is 2.19. The van der Waals surface area contributed by atoms with Crippen LogP contribution in [0.15, 0.2) is 18.2 Å². The molecule has 0 aliphatic carbocycles. The fourth-order valence-corrected chi connectivity index (χ4v) is 1.95. The summed E-state index contributed by atoms with van der Waals surface area (Å²) in [4.78, 5) is 21.9. The number of carbonyl (C=O) groups is 1. The molecule has 2 atom stereocenters. The minimum atomic E-state index is -0.940. The number of hydrogen-bond acceptors (Lipinski definition) is 5. The van der Waals surface area contributed by atoms with Crippen molar-refractivity contribution in [1.82, 2.24) is 5.32 Å². The first-order chi connectivity index (χ1) is 9.32. The van der Waals surface area contributed by atoms with E-state index in [-0.39, 0.29) is 22.2 Å². The highest BCUT2D eigenvalue weighted by Gasteiger charge is 2.15. The van der Waals surface area contributed by atoms with Crippen molar-refractivity contribution in [3.63, 3.8) is 0 Å². The van der Waals surface area contributed by atoms with Crippen LogP contribution < -0.4 is 11.1 Å². The molecule has 0 bridgehead atoms. The fourth-order valence-electron chi connectivity index (χ4n) is 1.50. The van der Waals surface area contributed by atoms with Crippen molar-refractivity contribution < 1.29 is 13.9 Å². The van der Waals surface area contributed by atoms with E-state index in [9.17, 15) is 19.1 Å². The van der Waals surface area contributed by atoms with E-state index < -0.39 is 21.6 Å².